The number of carboxylic acids is 1. The van der Waals surface area contributed by atoms with Gasteiger partial charge in [0.1, 0.15) is 5.82 Å². The number of anilines is 2. The average Bonchev–Trinajstić information content (AvgIpc) is 3.33. The SMILES string of the molecule is O=C(O)c1ccc(N2CCN(c3[nH]c4ccccc4c3-c3ccccc3-c3ccc(Cl)cc3)CC2)cc1. The van der Waals surface area contributed by atoms with E-state index in [1.165, 1.54) is 22.1 Å². The Bertz CT molecular complexity index is 1570. The summed E-state index contributed by atoms with van der Waals surface area (Å²) in [5.41, 5.74) is 7.17. The van der Waals surface area contributed by atoms with Crippen LogP contribution < -0.4 is 9.80 Å². The number of fused-ring (bicyclic) bond motifs is 1. The number of para-hydroxylation sites is 1. The van der Waals surface area contributed by atoms with Crippen LogP contribution in [0.3, 0.4) is 0 Å². The van der Waals surface area contributed by atoms with Crippen LogP contribution in [0.4, 0.5) is 11.5 Å². The van der Waals surface area contributed by atoms with Crippen LogP contribution in [0.15, 0.2) is 97.1 Å². The molecule has 0 spiro atoms. The van der Waals surface area contributed by atoms with Gasteiger partial charge in [0.2, 0.25) is 0 Å². The number of hydrogen-bond donors (Lipinski definition) is 2. The molecule has 1 aromatic heterocycles. The summed E-state index contributed by atoms with van der Waals surface area (Å²) in [5, 5.41) is 11.1. The molecule has 0 atom stereocenters. The third kappa shape index (κ3) is 4.43. The molecule has 0 saturated carbocycles. The molecule has 0 amide bonds. The van der Waals surface area contributed by atoms with E-state index in [1.807, 2.05) is 24.3 Å². The van der Waals surface area contributed by atoms with E-state index in [2.05, 4.69) is 75.4 Å². The third-order valence-corrected chi connectivity index (χ3v) is 7.37. The molecule has 5 aromatic rings. The molecular formula is C31H26ClN3O2. The lowest BCUT2D eigenvalue weighted by Gasteiger charge is -2.37. The van der Waals surface area contributed by atoms with E-state index in [-0.39, 0.29) is 0 Å². The van der Waals surface area contributed by atoms with Gasteiger partial charge in [-0.1, -0.05) is 66.2 Å². The first-order valence-corrected chi connectivity index (χ1v) is 12.8. The standard InChI is InChI=1S/C31H26ClN3O2/c32-23-13-9-21(10-14-23)25-5-1-2-6-26(25)29-27-7-3-4-8-28(27)33-30(29)35-19-17-34(18-20-35)24-15-11-22(12-16-24)31(36)37/h1-16,33H,17-20H2,(H,36,37). The molecule has 1 saturated heterocycles. The van der Waals surface area contributed by atoms with Gasteiger partial charge in [-0.05, 0) is 59.2 Å². The highest BCUT2D eigenvalue weighted by Crippen LogP contribution is 2.42. The van der Waals surface area contributed by atoms with Crippen molar-refractivity contribution in [1.29, 1.82) is 0 Å². The van der Waals surface area contributed by atoms with Crippen LogP contribution in [0.2, 0.25) is 5.02 Å². The van der Waals surface area contributed by atoms with Gasteiger partial charge in [-0.15, -0.1) is 0 Å². The quantitative estimate of drug-likeness (QED) is 0.264. The van der Waals surface area contributed by atoms with Crippen molar-refractivity contribution < 1.29 is 9.90 Å². The molecule has 2 heterocycles. The first kappa shape index (κ1) is 23.2. The monoisotopic (exact) mass is 507 g/mol. The lowest BCUT2D eigenvalue weighted by molar-refractivity contribution is 0.0697. The Morgan fingerprint density at radius 3 is 2.05 bits per heavy atom. The number of carbonyl (C=O) groups is 1. The number of nitrogens with zero attached hydrogens (tertiary/aromatic N) is 2. The summed E-state index contributed by atoms with van der Waals surface area (Å²) in [6, 6.07) is 32.2. The number of benzene rings is 4. The van der Waals surface area contributed by atoms with E-state index in [4.69, 9.17) is 11.6 Å². The highest BCUT2D eigenvalue weighted by molar-refractivity contribution is 6.30. The van der Waals surface area contributed by atoms with Gasteiger partial charge in [-0.3, -0.25) is 0 Å². The summed E-state index contributed by atoms with van der Waals surface area (Å²) in [7, 11) is 0. The van der Waals surface area contributed by atoms with Crippen LogP contribution in [0.5, 0.6) is 0 Å². The van der Waals surface area contributed by atoms with Crippen LogP contribution in [0.25, 0.3) is 33.2 Å². The van der Waals surface area contributed by atoms with Gasteiger partial charge in [-0.25, -0.2) is 4.79 Å². The van der Waals surface area contributed by atoms with Crippen molar-refractivity contribution in [2.45, 2.75) is 0 Å². The number of hydrogen-bond acceptors (Lipinski definition) is 3. The van der Waals surface area contributed by atoms with E-state index in [9.17, 15) is 9.90 Å². The summed E-state index contributed by atoms with van der Waals surface area (Å²) >= 11 is 6.18. The van der Waals surface area contributed by atoms with Gasteiger partial charge in [0.15, 0.2) is 0 Å². The van der Waals surface area contributed by atoms with Gasteiger partial charge < -0.3 is 19.9 Å². The van der Waals surface area contributed by atoms with E-state index >= 15 is 0 Å². The van der Waals surface area contributed by atoms with Crippen LogP contribution in [-0.4, -0.2) is 42.2 Å². The summed E-state index contributed by atoms with van der Waals surface area (Å²) in [5.74, 6) is 0.227. The highest BCUT2D eigenvalue weighted by atomic mass is 35.5. The van der Waals surface area contributed by atoms with E-state index in [1.54, 1.807) is 12.1 Å². The van der Waals surface area contributed by atoms with E-state index in [0.717, 1.165) is 53.8 Å². The van der Waals surface area contributed by atoms with Crippen molar-refractivity contribution in [3.05, 3.63) is 108 Å². The minimum atomic E-state index is -0.901. The first-order chi connectivity index (χ1) is 18.1. The van der Waals surface area contributed by atoms with Crippen molar-refractivity contribution in [3.63, 3.8) is 0 Å². The van der Waals surface area contributed by atoms with Crippen molar-refractivity contribution in [3.8, 4) is 22.3 Å². The highest BCUT2D eigenvalue weighted by Gasteiger charge is 2.24. The zero-order valence-corrected chi connectivity index (χ0v) is 20.9. The normalized spacial score (nSPS) is 13.8. The van der Waals surface area contributed by atoms with Gasteiger partial charge in [0, 0.05) is 53.4 Å². The number of aromatic amines is 1. The number of aromatic carboxylic acids is 1. The van der Waals surface area contributed by atoms with Crippen molar-refractivity contribution in [2.75, 3.05) is 36.0 Å². The smallest absolute Gasteiger partial charge is 0.335 e. The Morgan fingerprint density at radius 2 is 1.35 bits per heavy atom. The van der Waals surface area contributed by atoms with Gasteiger partial charge in [0.05, 0.1) is 5.56 Å². The van der Waals surface area contributed by atoms with E-state index in [0.29, 0.717) is 5.56 Å². The second kappa shape index (κ2) is 9.68. The number of aromatic nitrogens is 1. The molecule has 0 radical (unpaired) electrons. The van der Waals surface area contributed by atoms with Crippen LogP contribution in [-0.2, 0) is 0 Å². The Morgan fingerprint density at radius 1 is 0.730 bits per heavy atom. The Balaban J connectivity index is 1.36. The first-order valence-electron chi connectivity index (χ1n) is 12.4. The molecule has 0 unspecified atom stereocenters. The Kier molecular flexibility index (Phi) is 6.07. The minimum Gasteiger partial charge on any atom is -0.478 e. The van der Waals surface area contributed by atoms with E-state index < -0.39 is 5.97 Å². The maximum Gasteiger partial charge on any atom is 0.335 e. The second-order valence-corrected chi connectivity index (χ2v) is 9.71. The second-order valence-electron chi connectivity index (χ2n) is 9.27. The molecule has 5 nitrogen and oxygen atoms in total. The number of nitrogens with one attached hydrogen (secondary N) is 1. The van der Waals surface area contributed by atoms with Crippen LogP contribution in [0, 0.1) is 0 Å². The number of halogens is 1. The van der Waals surface area contributed by atoms with Crippen LogP contribution in [0.1, 0.15) is 10.4 Å². The fourth-order valence-electron chi connectivity index (χ4n) is 5.22. The fourth-order valence-corrected chi connectivity index (χ4v) is 5.35. The third-order valence-electron chi connectivity index (χ3n) is 7.11. The predicted molar refractivity (Wildman–Crippen MR) is 152 cm³/mol. The molecule has 184 valence electrons. The van der Waals surface area contributed by atoms with Gasteiger partial charge in [0.25, 0.3) is 0 Å². The largest absolute Gasteiger partial charge is 0.478 e. The van der Waals surface area contributed by atoms with Gasteiger partial charge in [-0.2, -0.15) is 0 Å². The summed E-state index contributed by atoms with van der Waals surface area (Å²) in [6.07, 6.45) is 0. The Hall–Kier alpha value is -4.22. The summed E-state index contributed by atoms with van der Waals surface area (Å²) in [4.78, 5) is 19.7. The topological polar surface area (TPSA) is 59.6 Å². The number of carboxylic acid groups (broad SMARTS) is 1. The number of piperazine rings is 1. The summed E-state index contributed by atoms with van der Waals surface area (Å²) in [6.45, 7) is 3.40. The molecule has 6 heteroatoms. The molecular weight excluding hydrogens is 482 g/mol. The van der Waals surface area contributed by atoms with Crippen LogP contribution >= 0.6 is 11.6 Å². The lowest BCUT2D eigenvalue weighted by Crippen LogP contribution is -2.46. The fraction of sp³-hybridized carbons (Fsp3) is 0.129. The minimum absolute atomic E-state index is 0.310. The molecule has 1 fully saturated rings. The van der Waals surface area contributed by atoms with Crippen molar-refractivity contribution in [2.24, 2.45) is 0 Å². The molecule has 1 aliphatic heterocycles. The predicted octanol–water partition coefficient (Wildman–Crippen LogP) is 7.18. The molecule has 6 rings (SSSR count). The van der Waals surface area contributed by atoms with Crippen molar-refractivity contribution >= 4 is 40.0 Å². The maximum absolute atomic E-state index is 11.2. The Labute approximate surface area is 220 Å². The molecule has 4 aromatic carbocycles. The summed E-state index contributed by atoms with van der Waals surface area (Å²) < 4.78 is 0. The maximum atomic E-state index is 11.2. The number of rotatable bonds is 5. The molecule has 37 heavy (non-hydrogen) atoms. The molecule has 2 N–H and O–H groups in total. The molecule has 0 aliphatic carbocycles. The zero-order valence-electron chi connectivity index (χ0n) is 20.2. The average molecular weight is 508 g/mol. The molecule has 0 bridgehead atoms. The molecule has 1 aliphatic rings. The van der Waals surface area contributed by atoms with Gasteiger partial charge >= 0.3 is 5.97 Å². The lowest BCUT2D eigenvalue weighted by atomic mass is 9.93. The number of H-pyrrole nitrogens is 1. The van der Waals surface area contributed by atoms with Crippen molar-refractivity contribution in [1.82, 2.24) is 4.98 Å². The zero-order chi connectivity index (χ0) is 25.4.